The molecule has 0 atom stereocenters. The number of rotatable bonds is 11. The maximum atomic E-state index is 12.1. The van der Waals surface area contributed by atoms with Crippen molar-refractivity contribution in [3.05, 3.63) is 53.1 Å². The SMILES string of the molecule is CN(C)S(=O)(=O)n1cnc(CCCCCNS(=O)(=O)Cc2ccc(Cl)cc2)c1. The van der Waals surface area contributed by atoms with Crippen LogP contribution < -0.4 is 4.72 Å². The summed E-state index contributed by atoms with van der Waals surface area (Å²) in [6.45, 7) is 0.360. The molecule has 0 fully saturated rings. The number of halogens is 1. The fourth-order valence-corrected chi connectivity index (χ4v) is 4.59. The van der Waals surface area contributed by atoms with Gasteiger partial charge in [0, 0.05) is 31.9 Å². The Labute approximate surface area is 171 Å². The Morgan fingerprint density at radius 3 is 2.39 bits per heavy atom. The Bertz CT molecular complexity index is 971. The van der Waals surface area contributed by atoms with Gasteiger partial charge in [-0.25, -0.2) is 22.1 Å². The van der Waals surface area contributed by atoms with Gasteiger partial charge in [0.05, 0.1) is 11.4 Å². The van der Waals surface area contributed by atoms with Crippen molar-refractivity contribution in [1.29, 1.82) is 0 Å². The Balaban J connectivity index is 1.69. The van der Waals surface area contributed by atoms with E-state index in [0.717, 1.165) is 21.1 Å². The number of sulfonamides is 1. The van der Waals surface area contributed by atoms with Gasteiger partial charge in [0.15, 0.2) is 0 Å². The van der Waals surface area contributed by atoms with Gasteiger partial charge in [-0.05, 0) is 37.0 Å². The van der Waals surface area contributed by atoms with Crippen molar-refractivity contribution in [2.24, 2.45) is 0 Å². The van der Waals surface area contributed by atoms with Gasteiger partial charge in [-0.3, -0.25) is 0 Å². The molecule has 0 aliphatic carbocycles. The molecule has 1 aromatic carbocycles. The second kappa shape index (κ2) is 9.84. The van der Waals surface area contributed by atoms with Gasteiger partial charge in [0.25, 0.3) is 0 Å². The summed E-state index contributed by atoms with van der Waals surface area (Å²) in [5, 5.41) is 0.568. The normalized spacial score (nSPS) is 12.6. The van der Waals surface area contributed by atoms with Crippen molar-refractivity contribution in [3.63, 3.8) is 0 Å². The van der Waals surface area contributed by atoms with Gasteiger partial charge in [-0.1, -0.05) is 30.2 Å². The van der Waals surface area contributed by atoms with E-state index in [1.165, 1.54) is 26.6 Å². The third-order valence-electron chi connectivity index (χ3n) is 4.04. The van der Waals surface area contributed by atoms with Crippen LogP contribution >= 0.6 is 11.6 Å². The van der Waals surface area contributed by atoms with Gasteiger partial charge >= 0.3 is 10.2 Å². The molecule has 1 aromatic heterocycles. The first-order chi connectivity index (χ1) is 13.1. The maximum absolute atomic E-state index is 12.1. The summed E-state index contributed by atoms with van der Waals surface area (Å²) in [7, 11) is -4.00. The zero-order valence-corrected chi connectivity index (χ0v) is 18.3. The number of aromatic nitrogens is 2. The summed E-state index contributed by atoms with van der Waals surface area (Å²) in [4.78, 5) is 4.11. The quantitative estimate of drug-likeness (QED) is 0.530. The fraction of sp³-hybridized carbons (Fsp3) is 0.471. The number of nitrogens with zero attached hydrogens (tertiary/aromatic N) is 3. The van der Waals surface area contributed by atoms with E-state index in [1.807, 2.05) is 0 Å². The van der Waals surface area contributed by atoms with E-state index >= 15 is 0 Å². The lowest BCUT2D eigenvalue weighted by molar-refractivity contribution is 0.510. The molecule has 28 heavy (non-hydrogen) atoms. The first-order valence-electron chi connectivity index (χ1n) is 8.78. The molecule has 0 unspecified atom stereocenters. The fourth-order valence-electron chi connectivity index (χ4n) is 2.48. The van der Waals surface area contributed by atoms with Gasteiger partial charge in [-0.15, -0.1) is 0 Å². The molecule has 0 aliphatic heterocycles. The van der Waals surface area contributed by atoms with Crippen LogP contribution in [0.15, 0.2) is 36.8 Å². The number of benzene rings is 1. The Morgan fingerprint density at radius 1 is 1.07 bits per heavy atom. The number of hydrogen-bond donors (Lipinski definition) is 1. The predicted molar refractivity (Wildman–Crippen MR) is 110 cm³/mol. The van der Waals surface area contributed by atoms with E-state index in [9.17, 15) is 16.8 Å². The second-order valence-corrected chi connectivity index (χ2v) is 10.9. The molecular formula is C17H25ClN4O4S2. The minimum atomic E-state index is -3.54. The van der Waals surface area contributed by atoms with Crippen LogP contribution in [0.3, 0.4) is 0 Å². The molecular weight excluding hydrogens is 424 g/mol. The van der Waals surface area contributed by atoms with E-state index in [1.54, 1.807) is 24.3 Å². The lowest BCUT2D eigenvalue weighted by Gasteiger charge is -2.10. The number of imidazole rings is 1. The summed E-state index contributed by atoms with van der Waals surface area (Å²) in [6, 6.07) is 6.71. The molecule has 0 amide bonds. The maximum Gasteiger partial charge on any atom is 0.308 e. The first-order valence-corrected chi connectivity index (χ1v) is 12.2. The van der Waals surface area contributed by atoms with Crippen LogP contribution in [0.2, 0.25) is 5.02 Å². The third-order valence-corrected chi connectivity index (χ3v) is 7.31. The van der Waals surface area contributed by atoms with Gasteiger partial charge in [0.1, 0.15) is 6.33 Å². The largest absolute Gasteiger partial charge is 0.308 e. The molecule has 8 nitrogen and oxygen atoms in total. The van der Waals surface area contributed by atoms with Crippen molar-refractivity contribution in [2.45, 2.75) is 31.4 Å². The molecule has 2 aromatic rings. The minimum Gasteiger partial charge on any atom is -0.241 e. The smallest absolute Gasteiger partial charge is 0.241 e. The summed E-state index contributed by atoms with van der Waals surface area (Å²) in [6.07, 6.45) is 5.71. The highest BCUT2D eigenvalue weighted by Gasteiger charge is 2.16. The average molecular weight is 449 g/mol. The topological polar surface area (TPSA) is 101 Å². The lowest BCUT2D eigenvalue weighted by Crippen LogP contribution is -2.27. The zero-order chi connectivity index (χ0) is 20.8. The standard InChI is InChI=1S/C17H25ClN4O4S2/c1-21(2)28(25,26)22-12-17(19-14-22)6-4-3-5-11-20-27(23,24)13-15-7-9-16(18)10-8-15/h7-10,12,14,20H,3-6,11,13H2,1-2H3. The Morgan fingerprint density at radius 2 is 1.75 bits per heavy atom. The van der Waals surface area contributed by atoms with E-state index in [2.05, 4.69) is 9.71 Å². The molecule has 0 radical (unpaired) electrons. The molecule has 1 N–H and O–H groups in total. The molecule has 0 saturated carbocycles. The molecule has 1 heterocycles. The highest BCUT2D eigenvalue weighted by atomic mass is 35.5. The summed E-state index contributed by atoms with van der Waals surface area (Å²) in [5.41, 5.74) is 1.37. The zero-order valence-electron chi connectivity index (χ0n) is 15.9. The van der Waals surface area contributed by atoms with E-state index in [4.69, 9.17) is 11.6 Å². The summed E-state index contributed by atoms with van der Waals surface area (Å²) >= 11 is 5.79. The molecule has 0 spiro atoms. The number of unbranched alkanes of at least 4 members (excludes halogenated alkanes) is 2. The molecule has 11 heteroatoms. The second-order valence-electron chi connectivity index (χ2n) is 6.58. The highest BCUT2D eigenvalue weighted by Crippen LogP contribution is 2.12. The van der Waals surface area contributed by atoms with Crippen LogP contribution in [-0.4, -0.2) is 50.7 Å². The van der Waals surface area contributed by atoms with Crippen LogP contribution in [0.5, 0.6) is 0 Å². The molecule has 156 valence electrons. The van der Waals surface area contributed by atoms with E-state index in [-0.39, 0.29) is 5.75 Å². The minimum absolute atomic E-state index is 0.0814. The molecule has 0 saturated heterocycles. The Hall–Kier alpha value is -1.46. The average Bonchev–Trinajstić information content (AvgIpc) is 3.09. The van der Waals surface area contributed by atoms with Crippen LogP contribution in [0.4, 0.5) is 0 Å². The molecule has 2 rings (SSSR count). The number of hydrogen-bond acceptors (Lipinski definition) is 5. The van der Waals surface area contributed by atoms with E-state index in [0.29, 0.717) is 35.7 Å². The summed E-state index contributed by atoms with van der Waals surface area (Å²) < 4.78 is 52.9. The Kier molecular flexibility index (Phi) is 8.02. The lowest BCUT2D eigenvalue weighted by atomic mass is 10.1. The number of nitrogens with one attached hydrogen (secondary N) is 1. The van der Waals surface area contributed by atoms with Crippen molar-refractivity contribution < 1.29 is 16.8 Å². The van der Waals surface area contributed by atoms with Gasteiger partial charge in [-0.2, -0.15) is 12.7 Å². The van der Waals surface area contributed by atoms with Crippen LogP contribution in [-0.2, 0) is 32.4 Å². The number of aryl methyl sites for hydroxylation is 1. The predicted octanol–water partition coefficient (Wildman–Crippen LogP) is 2.02. The van der Waals surface area contributed by atoms with E-state index < -0.39 is 20.2 Å². The molecule has 0 aliphatic rings. The van der Waals surface area contributed by atoms with Crippen LogP contribution in [0.25, 0.3) is 0 Å². The van der Waals surface area contributed by atoms with Crippen molar-refractivity contribution in [3.8, 4) is 0 Å². The van der Waals surface area contributed by atoms with Crippen LogP contribution in [0, 0.1) is 0 Å². The highest BCUT2D eigenvalue weighted by molar-refractivity contribution is 7.88. The monoisotopic (exact) mass is 448 g/mol. The third kappa shape index (κ3) is 6.85. The first kappa shape index (κ1) is 22.8. The van der Waals surface area contributed by atoms with Gasteiger partial charge < -0.3 is 0 Å². The van der Waals surface area contributed by atoms with Crippen molar-refractivity contribution in [1.82, 2.24) is 18.0 Å². The molecule has 0 bridgehead atoms. The van der Waals surface area contributed by atoms with Crippen LogP contribution in [0.1, 0.15) is 30.5 Å². The van der Waals surface area contributed by atoms with Crippen molar-refractivity contribution >= 4 is 31.8 Å². The van der Waals surface area contributed by atoms with Gasteiger partial charge in [0.2, 0.25) is 10.0 Å². The van der Waals surface area contributed by atoms with Crippen molar-refractivity contribution in [2.75, 3.05) is 20.6 Å². The summed E-state index contributed by atoms with van der Waals surface area (Å²) in [5.74, 6) is -0.0814.